The molecule has 4 aromatic carbocycles. The second kappa shape index (κ2) is 9.97. The summed E-state index contributed by atoms with van der Waals surface area (Å²) in [5, 5.41) is 0. The number of carbonyl (C=O) groups is 1. The molecule has 32 heavy (non-hydrogen) atoms. The van der Waals surface area contributed by atoms with Gasteiger partial charge in [0, 0.05) is 0 Å². The van der Waals surface area contributed by atoms with E-state index in [0.717, 1.165) is 44.5 Å². The fourth-order valence-corrected chi connectivity index (χ4v) is 3.86. The maximum atomic E-state index is 12.3. The Morgan fingerprint density at radius 3 is 1.38 bits per heavy atom. The third kappa shape index (κ3) is 4.89. The van der Waals surface area contributed by atoms with E-state index < -0.39 is 6.16 Å². The summed E-state index contributed by atoms with van der Waals surface area (Å²) >= 11 is 0. The molecule has 0 radical (unpaired) electrons. The summed E-state index contributed by atoms with van der Waals surface area (Å²) in [5.41, 5.74) is 8.67. The highest BCUT2D eigenvalue weighted by Crippen LogP contribution is 2.27. The Kier molecular flexibility index (Phi) is 6.66. The Labute approximate surface area is 189 Å². The molecule has 0 aromatic heterocycles. The molecular weight excluding hydrogens is 396 g/mol. The summed E-state index contributed by atoms with van der Waals surface area (Å²) in [4.78, 5) is 12.3. The van der Waals surface area contributed by atoms with Gasteiger partial charge in [0.15, 0.2) is 0 Å². The van der Waals surface area contributed by atoms with Crippen molar-refractivity contribution >= 4 is 6.16 Å². The molecule has 0 unspecified atom stereocenters. The van der Waals surface area contributed by atoms with Crippen molar-refractivity contribution in [2.45, 2.75) is 27.1 Å². The summed E-state index contributed by atoms with van der Waals surface area (Å²) in [5.74, 6) is 0. The van der Waals surface area contributed by atoms with Gasteiger partial charge in [0.25, 0.3) is 0 Å². The van der Waals surface area contributed by atoms with Crippen LogP contribution in [0.25, 0.3) is 22.3 Å². The molecule has 0 amide bonds. The van der Waals surface area contributed by atoms with Gasteiger partial charge in [0.2, 0.25) is 0 Å². The van der Waals surface area contributed by atoms with E-state index in [9.17, 15) is 4.79 Å². The molecule has 0 aliphatic carbocycles. The van der Waals surface area contributed by atoms with Crippen LogP contribution < -0.4 is 0 Å². The summed E-state index contributed by atoms with van der Waals surface area (Å²) in [6.45, 7) is 4.44. The van der Waals surface area contributed by atoms with Gasteiger partial charge in [-0.25, -0.2) is 4.79 Å². The minimum atomic E-state index is -0.668. The maximum Gasteiger partial charge on any atom is 0.508 e. The normalized spacial score (nSPS) is 10.6. The molecule has 3 nitrogen and oxygen atoms in total. The lowest BCUT2D eigenvalue weighted by Gasteiger charge is -2.14. The zero-order valence-corrected chi connectivity index (χ0v) is 18.4. The van der Waals surface area contributed by atoms with Crippen molar-refractivity contribution in [2.75, 3.05) is 0 Å². The third-order valence-electron chi connectivity index (χ3n) is 5.75. The Bertz CT molecular complexity index is 1100. The fraction of sp³-hybridized carbons (Fsp3) is 0.138. The zero-order valence-electron chi connectivity index (χ0n) is 18.4. The second-order valence-electron chi connectivity index (χ2n) is 7.74. The van der Waals surface area contributed by atoms with Gasteiger partial charge >= 0.3 is 6.16 Å². The molecular formula is C29H26O3. The van der Waals surface area contributed by atoms with Gasteiger partial charge in [-0.05, 0) is 58.4 Å². The highest BCUT2D eigenvalue weighted by Gasteiger charge is 2.12. The van der Waals surface area contributed by atoms with Gasteiger partial charge in [-0.15, -0.1) is 0 Å². The maximum absolute atomic E-state index is 12.3. The molecule has 4 aromatic rings. The molecule has 160 valence electrons. The molecule has 3 heteroatoms. The fourth-order valence-electron chi connectivity index (χ4n) is 3.86. The minimum Gasteiger partial charge on any atom is -0.429 e. The van der Waals surface area contributed by atoms with E-state index in [1.54, 1.807) is 0 Å². The van der Waals surface area contributed by atoms with Crippen LogP contribution in [-0.4, -0.2) is 6.16 Å². The van der Waals surface area contributed by atoms with Gasteiger partial charge in [-0.1, -0.05) is 97.1 Å². The first-order valence-corrected chi connectivity index (χ1v) is 10.7. The molecule has 0 atom stereocenters. The van der Waals surface area contributed by atoms with Gasteiger partial charge in [0.1, 0.15) is 13.2 Å². The largest absolute Gasteiger partial charge is 0.508 e. The van der Waals surface area contributed by atoms with Crippen LogP contribution in [0.4, 0.5) is 4.79 Å². The monoisotopic (exact) mass is 422 g/mol. The van der Waals surface area contributed by atoms with E-state index in [1.807, 2.05) is 74.5 Å². The van der Waals surface area contributed by atoms with Gasteiger partial charge in [-0.2, -0.15) is 0 Å². The van der Waals surface area contributed by atoms with Crippen LogP contribution in [-0.2, 0) is 22.7 Å². The Hall–Kier alpha value is -3.85. The van der Waals surface area contributed by atoms with Gasteiger partial charge in [0.05, 0.1) is 0 Å². The topological polar surface area (TPSA) is 35.5 Å². The average molecular weight is 423 g/mol. The van der Waals surface area contributed by atoms with Crippen molar-refractivity contribution in [1.29, 1.82) is 0 Å². The van der Waals surface area contributed by atoms with Crippen LogP contribution in [0.1, 0.15) is 22.3 Å². The first kappa shape index (κ1) is 21.4. The van der Waals surface area contributed by atoms with E-state index in [1.165, 1.54) is 0 Å². The molecule has 4 rings (SSSR count). The van der Waals surface area contributed by atoms with Crippen molar-refractivity contribution in [3.63, 3.8) is 0 Å². The number of rotatable bonds is 6. The Balaban J connectivity index is 1.39. The predicted molar refractivity (Wildman–Crippen MR) is 128 cm³/mol. The number of carbonyl (C=O) groups excluding carboxylic acids is 1. The van der Waals surface area contributed by atoms with Crippen LogP contribution in [0.2, 0.25) is 0 Å². The summed E-state index contributed by atoms with van der Waals surface area (Å²) in [6.07, 6.45) is -0.668. The highest BCUT2D eigenvalue weighted by molar-refractivity contribution is 5.69. The van der Waals surface area contributed by atoms with E-state index in [2.05, 4.69) is 36.4 Å². The Morgan fingerprint density at radius 2 is 0.969 bits per heavy atom. The van der Waals surface area contributed by atoms with E-state index in [0.29, 0.717) is 0 Å². The summed E-state index contributed by atoms with van der Waals surface area (Å²) in [7, 11) is 0. The lowest BCUT2D eigenvalue weighted by molar-refractivity contribution is 0.0444. The molecule has 0 N–H and O–H groups in total. The molecule has 0 saturated heterocycles. The summed E-state index contributed by atoms with van der Waals surface area (Å²) in [6, 6.07) is 32.5. The number of hydrogen-bond donors (Lipinski definition) is 0. The molecule has 0 bridgehead atoms. The quantitative estimate of drug-likeness (QED) is 0.302. The molecule has 0 aliphatic heterocycles. The van der Waals surface area contributed by atoms with Crippen molar-refractivity contribution < 1.29 is 14.3 Å². The van der Waals surface area contributed by atoms with Crippen molar-refractivity contribution in [3.05, 3.63) is 119 Å². The van der Waals surface area contributed by atoms with Crippen LogP contribution in [0.5, 0.6) is 0 Å². The van der Waals surface area contributed by atoms with Crippen molar-refractivity contribution in [3.8, 4) is 22.3 Å². The Morgan fingerprint density at radius 1 is 0.562 bits per heavy atom. The first-order valence-electron chi connectivity index (χ1n) is 10.7. The summed E-state index contributed by atoms with van der Waals surface area (Å²) < 4.78 is 10.8. The molecule has 0 spiro atoms. The second-order valence-corrected chi connectivity index (χ2v) is 7.74. The standard InChI is InChI=1S/C29H26O3/c1-21-25(15-9-17-27(21)23-11-5-3-6-12-23)19-31-29(30)32-20-26-16-10-18-28(22(26)2)24-13-7-4-8-14-24/h3-18H,19-20H2,1-2H3. The minimum absolute atomic E-state index is 0.175. The molecule has 0 saturated carbocycles. The smallest absolute Gasteiger partial charge is 0.429 e. The van der Waals surface area contributed by atoms with Crippen LogP contribution in [0, 0.1) is 13.8 Å². The number of benzene rings is 4. The molecule has 0 fully saturated rings. The van der Waals surface area contributed by atoms with E-state index in [4.69, 9.17) is 9.47 Å². The third-order valence-corrected chi connectivity index (χ3v) is 5.75. The number of ether oxygens (including phenoxy) is 2. The predicted octanol–water partition coefficient (Wildman–Crippen LogP) is 7.49. The average Bonchev–Trinajstić information content (AvgIpc) is 2.84. The SMILES string of the molecule is Cc1c(COC(=O)OCc2cccc(-c3ccccc3)c2C)cccc1-c1ccccc1. The first-order chi connectivity index (χ1) is 15.6. The number of hydrogen-bond acceptors (Lipinski definition) is 3. The molecule has 0 aliphatic rings. The van der Waals surface area contributed by atoms with Crippen LogP contribution >= 0.6 is 0 Å². The van der Waals surface area contributed by atoms with E-state index in [-0.39, 0.29) is 13.2 Å². The lowest BCUT2D eigenvalue weighted by Crippen LogP contribution is -2.09. The van der Waals surface area contributed by atoms with Gasteiger partial charge < -0.3 is 9.47 Å². The lowest BCUT2D eigenvalue weighted by atomic mass is 9.97. The highest BCUT2D eigenvalue weighted by atomic mass is 16.7. The van der Waals surface area contributed by atoms with Gasteiger partial charge in [-0.3, -0.25) is 0 Å². The van der Waals surface area contributed by atoms with Crippen LogP contribution in [0.15, 0.2) is 97.1 Å². The van der Waals surface area contributed by atoms with E-state index >= 15 is 0 Å². The van der Waals surface area contributed by atoms with Crippen molar-refractivity contribution in [1.82, 2.24) is 0 Å². The van der Waals surface area contributed by atoms with Crippen molar-refractivity contribution in [2.24, 2.45) is 0 Å². The molecule has 0 heterocycles. The zero-order chi connectivity index (χ0) is 22.3. The van der Waals surface area contributed by atoms with Crippen LogP contribution in [0.3, 0.4) is 0 Å².